The molecule has 2 aromatic rings. The zero-order chi connectivity index (χ0) is 17.5. The first kappa shape index (κ1) is 18.4. The third-order valence-electron chi connectivity index (χ3n) is 3.50. The molecule has 6 heteroatoms. The van der Waals surface area contributed by atoms with Gasteiger partial charge in [0.2, 0.25) is 0 Å². The summed E-state index contributed by atoms with van der Waals surface area (Å²) in [5, 5.41) is 15.2. The van der Waals surface area contributed by atoms with Gasteiger partial charge in [0.15, 0.2) is 0 Å². The topological polar surface area (TPSA) is 71.5 Å². The average molecular weight is 348 g/mol. The number of aromatic nitrogens is 1. The molecular formula is C18H24N2O3S. The lowest BCUT2D eigenvalue weighted by Crippen LogP contribution is -2.29. The van der Waals surface area contributed by atoms with Crippen molar-refractivity contribution in [1.82, 2.24) is 10.3 Å². The van der Waals surface area contributed by atoms with Gasteiger partial charge < -0.3 is 15.2 Å². The summed E-state index contributed by atoms with van der Waals surface area (Å²) in [6.07, 6.45) is 0.305. The molecule has 0 bridgehead atoms. The number of carbonyl (C=O) groups excluding carboxylic acids is 1. The van der Waals surface area contributed by atoms with Crippen LogP contribution in [-0.4, -0.2) is 28.6 Å². The minimum atomic E-state index is -0.358. The van der Waals surface area contributed by atoms with Gasteiger partial charge >= 0.3 is 0 Å². The number of ether oxygens (including phenoxy) is 1. The maximum atomic E-state index is 12.2. The molecular weight excluding hydrogens is 324 g/mol. The first-order valence-corrected chi connectivity index (χ1v) is 8.92. The quantitative estimate of drug-likeness (QED) is 0.769. The number of nitrogens with one attached hydrogen (secondary N) is 1. The smallest absolute Gasteiger partial charge is 0.251 e. The molecule has 0 aliphatic heterocycles. The van der Waals surface area contributed by atoms with E-state index in [1.165, 1.54) is 0 Å². The number of benzene rings is 1. The molecule has 130 valence electrons. The lowest BCUT2D eigenvalue weighted by Gasteiger charge is -2.14. The molecule has 0 saturated carbocycles. The van der Waals surface area contributed by atoms with E-state index in [0.29, 0.717) is 30.9 Å². The summed E-state index contributed by atoms with van der Waals surface area (Å²) in [4.78, 5) is 16.6. The van der Waals surface area contributed by atoms with Crippen molar-refractivity contribution >= 4 is 17.2 Å². The number of nitrogens with zero attached hydrogens (tertiary/aromatic N) is 1. The monoisotopic (exact) mass is 348 g/mol. The van der Waals surface area contributed by atoms with Gasteiger partial charge in [-0.25, -0.2) is 4.98 Å². The number of hydrogen-bond acceptors (Lipinski definition) is 5. The van der Waals surface area contributed by atoms with E-state index in [2.05, 4.69) is 10.3 Å². The van der Waals surface area contributed by atoms with Gasteiger partial charge in [0.1, 0.15) is 12.4 Å². The van der Waals surface area contributed by atoms with Crippen LogP contribution in [0.15, 0.2) is 29.6 Å². The maximum absolute atomic E-state index is 12.2. The van der Waals surface area contributed by atoms with Crippen molar-refractivity contribution in [2.75, 3.05) is 6.54 Å². The van der Waals surface area contributed by atoms with Crippen LogP contribution in [0.4, 0.5) is 0 Å². The van der Waals surface area contributed by atoms with E-state index in [-0.39, 0.29) is 17.9 Å². The molecule has 1 aromatic heterocycles. The lowest BCUT2D eigenvalue weighted by molar-refractivity contribution is 0.0939. The third-order valence-corrected chi connectivity index (χ3v) is 4.33. The van der Waals surface area contributed by atoms with E-state index < -0.39 is 0 Å². The van der Waals surface area contributed by atoms with Crippen molar-refractivity contribution in [2.45, 2.75) is 39.9 Å². The summed E-state index contributed by atoms with van der Waals surface area (Å²) in [5.41, 5.74) is 1.45. The fourth-order valence-corrected chi connectivity index (χ4v) is 2.99. The van der Waals surface area contributed by atoms with Gasteiger partial charge in [0.25, 0.3) is 5.91 Å². The summed E-state index contributed by atoms with van der Waals surface area (Å²) in [7, 11) is 0. The Morgan fingerprint density at radius 3 is 2.88 bits per heavy atom. The number of aliphatic hydroxyl groups is 1. The number of hydrogen-bond donors (Lipinski definition) is 2. The van der Waals surface area contributed by atoms with Crippen molar-refractivity contribution in [3.05, 3.63) is 45.9 Å². The highest BCUT2D eigenvalue weighted by molar-refractivity contribution is 7.09. The summed E-state index contributed by atoms with van der Waals surface area (Å²) >= 11 is 1.59. The zero-order valence-corrected chi connectivity index (χ0v) is 15.1. The van der Waals surface area contributed by atoms with E-state index in [0.717, 1.165) is 10.7 Å². The van der Waals surface area contributed by atoms with Crippen LogP contribution in [0.25, 0.3) is 0 Å². The van der Waals surface area contributed by atoms with Crippen molar-refractivity contribution in [3.63, 3.8) is 0 Å². The highest BCUT2D eigenvalue weighted by Crippen LogP contribution is 2.16. The van der Waals surface area contributed by atoms with E-state index in [4.69, 9.17) is 4.74 Å². The molecule has 0 aliphatic carbocycles. The van der Waals surface area contributed by atoms with Crippen LogP contribution in [0.1, 0.15) is 41.3 Å². The van der Waals surface area contributed by atoms with Crippen molar-refractivity contribution < 1.29 is 14.6 Å². The van der Waals surface area contributed by atoms with E-state index in [1.807, 2.05) is 25.3 Å². The summed E-state index contributed by atoms with van der Waals surface area (Å²) < 4.78 is 5.71. The summed E-state index contributed by atoms with van der Waals surface area (Å²) in [6.45, 7) is 6.64. The number of aryl methyl sites for hydroxylation is 1. The van der Waals surface area contributed by atoms with Crippen LogP contribution in [-0.2, 0) is 6.61 Å². The molecule has 1 aromatic carbocycles. The van der Waals surface area contributed by atoms with Gasteiger partial charge in [0, 0.05) is 17.5 Å². The number of carbonyl (C=O) groups is 1. The predicted molar refractivity (Wildman–Crippen MR) is 95.4 cm³/mol. The maximum Gasteiger partial charge on any atom is 0.251 e. The minimum Gasteiger partial charge on any atom is -0.487 e. The number of amides is 1. The fraction of sp³-hybridized carbons (Fsp3) is 0.444. The Morgan fingerprint density at radius 1 is 1.42 bits per heavy atom. The Kier molecular flexibility index (Phi) is 6.75. The fourth-order valence-electron chi connectivity index (χ4n) is 2.39. The lowest BCUT2D eigenvalue weighted by atomic mass is 10.0. The van der Waals surface area contributed by atoms with Crippen molar-refractivity contribution in [3.8, 4) is 5.75 Å². The molecule has 0 aliphatic rings. The normalized spacial score (nSPS) is 13.3. The molecule has 0 spiro atoms. The van der Waals surface area contributed by atoms with Crippen molar-refractivity contribution in [1.29, 1.82) is 0 Å². The van der Waals surface area contributed by atoms with Crippen LogP contribution in [0, 0.1) is 12.8 Å². The Labute approximate surface area is 146 Å². The predicted octanol–water partition coefficient (Wildman–Crippen LogP) is 3.17. The Morgan fingerprint density at radius 2 is 2.21 bits per heavy atom. The molecule has 0 radical (unpaired) electrons. The van der Waals surface area contributed by atoms with Crippen molar-refractivity contribution in [2.24, 2.45) is 5.92 Å². The average Bonchev–Trinajstić information content (AvgIpc) is 2.96. The molecule has 1 heterocycles. The molecule has 0 saturated heterocycles. The highest BCUT2D eigenvalue weighted by atomic mass is 32.1. The molecule has 2 rings (SSSR count). The molecule has 5 nitrogen and oxygen atoms in total. The van der Waals surface area contributed by atoms with Gasteiger partial charge in [-0.3, -0.25) is 4.79 Å². The van der Waals surface area contributed by atoms with Crippen LogP contribution in [0.3, 0.4) is 0 Å². The van der Waals surface area contributed by atoms with Gasteiger partial charge in [0.05, 0.1) is 16.8 Å². The van der Waals surface area contributed by atoms with Crippen LogP contribution in [0.5, 0.6) is 5.75 Å². The molecule has 0 fully saturated rings. The molecule has 2 atom stereocenters. The summed E-state index contributed by atoms with van der Waals surface area (Å²) in [6, 6.07) is 7.12. The number of rotatable bonds is 8. The van der Waals surface area contributed by atoms with E-state index in [1.54, 1.807) is 36.5 Å². The molecule has 1 amide bonds. The van der Waals surface area contributed by atoms with Crippen LogP contribution < -0.4 is 10.1 Å². The highest BCUT2D eigenvalue weighted by Gasteiger charge is 2.11. The van der Waals surface area contributed by atoms with Gasteiger partial charge in [-0.15, -0.1) is 11.3 Å². The second-order valence-corrected chi connectivity index (χ2v) is 7.14. The first-order valence-electron chi connectivity index (χ1n) is 8.04. The number of thiazole rings is 1. The van der Waals surface area contributed by atoms with Crippen LogP contribution in [0.2, 0.25) is 0 Å². The minimum absolute atomic E-state index is 0.137. The zero-order valence-electron chi connectivity index (χ0n) is 14.3. The van der Waals surface area contributed by atoms with Gasteiger partial charge in [-0.1, -0.05) is 13.0 Å². The van der Waals surface area contributed by atoms with E-state index >= 15 is 0 Å². The number of aliphatic hydroxyl groups excluding tert-OH is 1. The summed E-state index contributed by atoms with van der Waals surface area (Å²) in [5.74, 6) is 0.731. The second kappa shape index (κ2) is 8.80. The van der Waals surface area contributed by atoms with Gasteiger partial charge in [-0.2, -0.15) is 0 Å². The first-order chi connectivity index (χ1) is 11.4. The molecule has 2 N–H and O–H groups in total. The SMILES string of the molecule is Cc1nc(COc2cccc(C(=O)NCC(C)CC(C)O)c2)cs1. The Bertz CT molecular complexity index is 670. The molecule has 24 heavy (non-hydrogen) atoms. The second-order valence-electron chi connectivity index (χ2n) is 6.07. The van der Waals surface area contributed by atoms with Crippen LogP contribution >= 0.6 is 11.3 Å². The Hall–Kier alpha value is -1.92. The van der Waals surface area contributed by atoms with E-state index in [9.17, 15) is 9.90 Å². The Balaban J connectivity index is 1.88. The van der Waals surface area contributed by atoms with Gasteiger partial charge in [-0.05, 0) is 44.4 Å². The third kappa shape index (κ3) is 5.94. The molecule has 2 unspecified atom stereocenters. The standard InChI is InChI=1S/C18H24N2O3S/c1-12(7-13(2)21)9-19-18(22)15-5-4-6-17(8-15)23-10-16-11-24-14(3)20-16/h4-6,8,11-13,21H,7,9-10H2,1-3H3,(H,19,22). The largest absolute Gasteiger partial charge is 0.487 e.